The lowest BCUT2D eigenvalue weighted by atomic mass is 10.3. The maximum atomic E-state index is 12.1. The van der Waals surface area contributed by atoms with E-state index in [2.05, 4.69) is 15.5 Å². The molecule has 1 saturated heterocycles. The number of hydrogen-bond donors (Lipinski definition) is 2. The quantitative estimate of drug-likeness (QED) is 0.852. The number of nitrogens with zero attached hydrogens (tertiary/aromatic N) is 1. The number of anilines is 1. The predicted octanol–water partition coefficient (Wildman–Crippen LogP) is 1.32. The summed E-state index contributed by atoms with van der Waals surface area (Å²) in [4.78, 5) is 14.3. The van der Waals surface area contributed by atoms with E-state index in [-0.39, 0.29) is 5.91 Å². The minimum atomic E-state index is 0.0130. The third kappa shape index (κ3) is 4.51. The van der Waals surface area contributed by atoms with Gasteiger partial charge in [0.15, 0.2) is 0 Å². The molecule has 0 aromatic heterocycles. The number of para-hydroxylation sites is 2. The summed E-state index contributed by atoms with van der Waals surface area (Å²) < 4.78 is 5.51. The van der Waals surface area contributed by atoms with Gasteiger partial charge in [-0.05, 0) is 38.6 Å². The van der Waals surface area contributed by atoms with Gasteiger partial charge >= 0.3 is 0 Å². The zero-order valence-electron chi connectivity index (χ0n) is 12.0. The number of hydrogen-bond acceptors (Lipinski definition) is 4. The topological polar surface area (TPSA) is 53.6 Å². The van der Waals surface area contributed by atoms with E-state index in [1.165, 1.54) is 0 Å². The number of rotatable bonds is 5. The number of amides is 1. The molecule has 1 amide bonds. The van der Waals surface area contributed by atoms with Gasteiger partial charge in [0, 0.05) is 13.1 Å². The van der Waals surface area contributed by atoms with E-state index in [0.717, 1.165) is 44.0 Å². The first-order valence-corrected chi connectivity index (χ1v) is 7.24. The minimum Gasteiger partial charge on any atom is -0.492 e. The molecule has 0 atom stereocenters. The fourth-order valence-corrected chi connectivity index (χ4v) is 2.30. The number of nitrogens with one attached hydrogen (secondary N) is 2. The van der Waals surface area contributed by atoms with Crippen LogP contribution in [0.4, 0.5) is 5.69 Å². The molecule has 0 spiro atoms. The summed E-state index contributed by atoms with van der Waals surface area (Å²) in [6.45, 7) is 6.82. The Balaban J connectivity index is 1.90. The second-order valence-corrected chi connectivity index (χ2v) is 4.86. The van der Waals surface area contributed by atoms with Crippen molar-refractivity contribution in [1.29, 1.82) is 0 Å². The van der Waals surface area contributed by atoms with Crippen LogP contribution in [0.5, 0.6) is 5.75 Å². The van der Waals surface area contributed by atoms with Crippen LogP contribution in [0.1, 0.15) is 13.3 Å². The highest BCUT2D eigenvalue weighted by atomic mass is 16.5. The molecule has 1 fully saturated rings. The van der Waals surface area contributed by atoms with E-state index in [1.54, 1.807) is 0 Å². The van der Waals surface area contributed by atoms with Crippen molar-refractivity contribution >= 4 is 11.6 Å². The van der Waals surface area contributed by atoms with Crippen molar-refractivity contribution in [1.82, 2.24) is 10.2 Å². The Morgan fingerprint density at radius 2 is 2.20 bits per heavy atom. The molecule has 5 nitrogen and oxygen atoms in total. The molecule has 1 aliphatic rings. The van der Waals surface area contributed by atoms with Gasteiger partial charge in [-0.1, -0.05) is 12.1 Å². The highest BCUT2D eigenvalue weighted by Crippen LogP contribution is 2.23. The van der Waals surface area contributed by atoms with Gasteiger partial charge in [-0.15, -0.1) is 0 Å². The largest absolute Gasteiger partial charge is 0.492 e. The molecule has 1 aliphatic heterocycles. The highest BCUT2D eigenvalue weighted by molar-refractivity contribution is 5.93. The summed E-state index contributed by atoms with van der Waals surface area (Å²) in [6.07, 6.45) is 1.09. The average molecular weight is 277 g/mol. The summed E-state index contributed by atoms with van der Waals surface area (Å²) in [5.41, 5.74) is 0.743. The molecule has 0 aliphatic carbocycles. The molecule has 5 heteroatoms. The molecule has 1 aromatic rings. The van der Waals surface area contributed by atoms with Crippen molar-refractivity contribution in [2.45, 2.75) is 13.3 Å². The maximum absolute atomic E-state index is 12.1. The molecule has 2 N–H and O–H groups in total. The number of carbonyl (C=O) groups is 1. The van der Waals surface area contributed by atoms with Crippen LogP contribution in [0.3, 0.4) is 0 Å². The lowest BCUT2D eigenvalue weighted by Gasteiger charge is -2.19. The standard InChI is InChI=1S/C15H23N3O2/c1-2-20-14-7-4-3-6-13(14)17-15(19)12-18-10-5-8-16-9-11-18/h3-4,6-7,16H,2,5,8-12H2,1H3,(H,17,19). The van der Waals surface area contributed by atoms with Gasteiger partial charge in [0.2, 0.25) is 5.91 Å². The van der Waals surface area contributed by atoms with E-state index in [1.807, 2.05) is 31.2 Å². The predicted molar refractivity (Wildman–Crippen MR) is 80.2 cm³/mol. The van der Waals surface area contributed by atoms with Gasteiger partial charge < -0.3 is 15.4 Å². The molecular formula is C15H23N3O2. The van der Waals surface area contributed by atoms with E-state index in [9.17, 15) is 4.79 Å². The van der Waals surface area contributed by atoms with E-state index in [0.29, 0.717) is 13.2 Å². The molecule has 0 unspecified atom stereocenters. The SMILES string of the molecule is CCOc1ccccc1NC(=O)CN1CCCNCC1. The molecule has 1 aromatic carbocycles. The van der Waals surface area contributed by atoms with Crippen LogP contribution in [-0.2, 0) is 4.79 Å². The molecular weight excluding hydrogens is 254 g/mol. The molecule has 1 heterocycles. The van der Waals surface area contributed by atoms with Crippen molar-refractivity contribution in [2.24, 2.45) is 0 Å². The van der Waals surface area contributed by atoms with Gasteiger partial charge in [-0.25, -0.2) is 0 Å². The van der Waals surface area contributed by atoms with Crippen LogP contribution in [0.2, 0.25) is 0 Å². The minimum absolute atomic E-state index is 0.0130. The summed E-state index contributed by atoms with van der Waals surface area (Å²) in [6, 6.07) is 7.54. The maximum Gasteiger partial charge on any atom is 0.238 e. The first kappa shape index (κ1) is 14.8. The molecule has 0 bridgehead atoms. The van der Waals surface area contributed by atoms with Gasteiger partial charge in [-0.2, -0.15) is 0 Å². The molecule has 110 valence electrons. The second-order valence-electron chi connectivity index (χ2n) is 4.86. The Morgan fingerprint density at radius 1 is 1.35 bits per heavy atom. The number of ether oxygens (including phenoxy) is 1. The van der Waals surface area contributed by atoms with Crippen LogP contribution in [0, 0.1) is 0 Å². The van der Waals surface area contributed by atoms with Gasteiger partial charge in [0.1, 0.15) is 5.75 Å². The van der Waals surface area contributed by atoms with E-state index >= 15 is 0 Å². The van der Waals surface area contributed by atoms with Crippen LogP contribution in [0.15, 0.2) is 24.3 Å². The van der Waals surface area contributed by atoms with Crippen LogP contribution in [0.25, 0.3) is 0 Å². The van der Waals surface area contributed by atoms with Gasteiger partial charge in [-0.3, -0.25) is 9.69 Å². The number of carbonyl (C=O) groups excluding carboxylic acids is 1. The summed E-state index contributed by atoms with van der Waals surface area (Å²) in [7, 11) is 0. The Hall–Kier alpha value is -1.59. The van der Waals surface area contributed by atoms with Crippen molar-refractivity contribution in [3.05, 3.63) is 24.3 Å². The van der Waals surface area contributed by atoms with Gasteiger partial charge in [0.05, 0.1) is 18.8 Å². The lowest BCUT2D eigenvalue weighted by Crippen LogP contribution is -2.35. The Labute approximate surface area is 120 Å². The van der Waals surface area contributed by atoms with Gasteiger partial charge in [0.25, 0.3) is 0 Å². The van der Waals surface area contributed by atoms with E-state index < -0.39 is 0 Å². The summed E-state index contributed by atoms with van der Waals surface area (Å²) in [5.74, 6) is 0.736. The van der Waals surface area contributed by atoms with Crippen LogP contribution in [-0.4, -0.2) is 50.1 Å². The summed E-state index contributed by atoms with van der Waals surface area (Å²) >= 11 is 0. The van der Waals surface area contributed by atoms with Crippen molar-refractivity contribution in [3.8, 4) is 5.75 Å². The van der Waals surface area contributed by atoms with Crippen molar-refractivity contribution in [3.63, 3.8) is 0 Å². The lowest BCUT2D eigenvalue weighted by molar-refractivity contribution is -0.117. The zero-order chi connectivity index (χ0) is 14.2. The third-order valence-electron chi connectivity index (χ3n) is 3.26. The van der Waals surface area contributed by atoms with Crippen LogP contribution >= 0.6 is 0 Å². The second kappa shape index (κ2) is 7.87. The Morgan fingerprint density at radius 3 is 3.05 bits per heavy atom. The average Bonchev–Trinajstić information content (AvgIpc) is 2.70. The Kier molecular flexibility index (Phi) is 5.83. The number of benzene rings is 1. The molecule has 20 heavy (non-hydrogen) atoms. The first-order valence-electron chi connectivity index (χ1n) is 7.24. The first-order chi connectivity index (χ1) is 9.79. The fraction of sp³-hybridized carbons (Fsp3) is 0.533. The molecule has 0 radical (unpaired) electrons. The third-order valence-corrected chi connectivity index (χ3v) is 3.26. The van der Waals surface area contributed by atoms with E-state index in [4.69, 9.17) is 4.74 Å². The normalized spacial score (nSPS) is 16.4. The Bertz CT molecular complexity index is 429. The smallest absolute Gasteiger partial charge is 0.238 e. The van der Waals surface area contributed by atoms with Crippen molar-refractivity contribution < 1.29 is 9.53 Å². The molecule has 2 rings (SSSR count). The van der Waals surface area contributed by atoms with Crippen LogP contribution < -0.4 is 15.4 Å². The highest BCUT2D eigenvalue weighted by Gasteiger charge is 2.14. The van der Waals surface area contributed by atoms with Crippen molar-refractivity contribution in [2.75, 3.05) is 44.6 Å². The summed E-state index contributed by atoms with van der Waals surface area (Å²) in [5, 5.41) is 6.27. The molecule has 0 saturated carbocycles. The fourth-order valence-electron chi connectivity index (χ4n) is 2.30. The monoisotopic (exact) mass is 277 g/mol. The zero-order valence-corrected chi connectivity index (χ0v) is 12.0.